The number of alkyl halides is 3. The lowest BCUT2D eigenvalue weighted by molar-refractivity contribution is -0.245. The summed E-state index contributed by atoms with van der Waals surface area (Å²) >= 11 is 1.47. The Labute approximate surface area is 249 Å². The molecule has 2 saturated heterocycles. The molecule has 15 heteroatoms. The molecule has 3 aromatic rings. The Balaban J connectivity index is 1.24. The number of aliphatic hydroxyl groups is 1. The van der Waals surface area contributed by atoms with Gasteiger partial charge in [0.15, 0.2) is 6.29 Å². The monoisotopic (exact) mass is 620 g/mol. The number of aliphatic hydroxyl groups excluding tert-OH is 1. The van der Waals surface area contributed by atoms with Crippen LogP contribution in [0.3, 0.4) is 0 Å². The van der Waals surface area contributed by atoms with Crippen LogP contribution in [0.15, 0.2) is 53.7 Å². The number of rotatable bonds is 9. The summed E-state index contributed by atoms with van der Waals surface area (Å²) in [5, 5.41) is 24.3. The molecule has 2 fully saturated rings. The first-order valence-electron chi connectivity index (χ1n) is 13.7. The topological polar surface area (TPSA) is 132 Å². The van der Waals surface area contributed by atoms with E-state index in [0.717, 1.165) is 22.3 Å². The molecule has 3 heterocycles. The van der Waals surface area contributed by atoms with Crippen molar-refractivity contribution in [2.24, 2.45) is 7.05 Å². The molecule has 2 amide bonds. The molecule has 1 aromatic heterocycles. The zero-order valence-corrected chi connectivity index (χ0v) is 24.1. The molecule has 0 bridgehead atoms. The number of amides is 2. The van der Waals surface area contributed by atoms with E-state index >= 15 is 0 Å². The highest BCUT2D eigenvalue weighted by atomic mass is 32.2. The molecule has 2 N–H and O–H groups in total. The van der Waals surface area contributed by atoms with E-state index in [1.54, 1.807) is 23.9 Å². The summed E-state index contributed by atoms with van der Waals surface area (Å²) in [6.07, 6.45) is -5.08. The maximum Gasteiger partial charge on any atom is 0.471 e. The van der Waals surface area contributed by atoms with Crippen LogP contribution in [0.1, 0.15) is 53.9 Å². The van der Waals surface area contributed by atoms with E-state index in [9.17, 15) is 27.9 Å². The fourth-order valence-electron chi connectivity index (χ4n) is 5.08. The van der Waals surface area contributed by atoms with E-state index in [2.05, 4.69) is 20.8 Å². The molecule has 2 aliphatic heterocycles. The number of hydrogen-bond acceptors (Lipinski definition) is 9. The SMILES string of the molecule is Cn1nnnc1SCC1CC(c2ccc(CO)cc2)OC(c2ccc(CNC(=O)C3CCCN3C(=O)C(F)(F)F)cc2)O1. The predicted molar refractivity (Wildman–Crippen MR) is 147 cm³/mol. The van der Waals surface area contributed by atoms with Crippen LogP contribution in [0.4, 0.5) is 13.2 Å². The van der Waals surface area contributed by atoms with Gasteiger partial charge in [0.1, 0.15) is 6.04 Å². The van der Waals surface area contributed by atoms with E-state index in [1.165, 1.54) is 11.8 Å². The number of thioether (sulfide) groups is 1. The van der Waals surface area contributed by atoms with Crippen molar-refractivity contribution in [3.05, 3.63) is 70.8 Å². The Kier molecular flexibility index (Phi) is 9.64. The van der Waals surface area contributed by atoms with Crippen molar-refractivity contribution in [2.75, 3.05) is 12.3 Å². The van der Waals surface area contributed by atoms with Gasteiger partial charge in [-0.3, -0.25) is 9.59 Å². The second-order valence-electron chi connectivity index (χ2n) is 10.4. The van der Waals surface area contributed by atoms with Gasteiger partial charge in [0.25, 0.3) is 0 Å². The van der Waals surface area contributed by atoms with Gasteiger partial charge in [0.2, 0.25) is 11.1 Å². The summed E-state index contributed by atoms with van der Waals surface area (Å²) in [5.74, 6) is -2.03. The van der Waals surface area contributed by atoms with Crippen LogP contribution in [0.2, 0.25) is 0 Å². The van der Waals surface area contributed by atoms with Gasteiger partial charge < -0.3 is 24.8 Å². The standard InChI is InChI=1S/C28H31F3N6O5S/c1-36-27(33-34-35-36)43-16-21-13-23(19-8-6-18(15-38)7-9-19)42-25(41-21)20-10-4-17(5-11-20)14-32-24(39)22-3-2-12-37(22)26(40)28(29,30)31/h4-11,21-23,25,38H,2-3,12-16H2,1H3,(H,32,39). The van der Waals surface area contributed by atoms with Crippen LogP contribution in [0, 0.1) is 0 Å². The highest BCUT2D eigenvalue weighted by Crippen LogP contribution is 2.39. The van der Waals surface area contributed by atoms with Crippen molar-refractivity contribution in [1.29, 1.82) is 0 Å². The minimum atomic E-state index is -5.02. The number of halogens is 3. The van der Waals surface area contributed by atoms with Crippen molar-refractivity contribution in [3.8, 4) is 0 Å². The van der Waals surface area contributed by atoms with Crippen LogP contribution < -0.4 is 5.32 Å². The molecular weight excluding hydrogens is 589 g/mol. The Morgan fingerprint density at radius 3 is 2.42 bits per heavy atom. The first-order valence-corrected chi connectivity index (χ1v) is 14.7. The summed E-state index contributed by atoms with van der Waals surface area (Å²) in [6, 6.07) is 13.6. The molecule has 0 saturated carbocycles. The van der Waals surface area contributed by atoms with Crippen LogP contribution >= 0.6 is 11.8 Å². The number of hydrogen-bond donors (Lipinski definition) is 2. The number of nitrogens with zero attached hydrogens (tertiary/aromatic N) is 5. The molecule has 0 aliphatic carbocycles. The second kappa shape index (κ2) is 13.4. The number of ether oxygens (including phenoxy) is 2. The number of nitrogens with one attached hydrogen (secondary N) is 1. The zero-order chi connectivity index (χ0) is 30.6. The fourth-order valence-corrected chi connectivity index (χ4v) is 5.95. The van der Waals surface area contributed by atoms with Crippen molar-refractivity contribution in [3.63, 3.8) is 0 Å². The first-order chi connectivity index (χ1) is 20.6. The summed E-state index contributed by atoms with van der Waals surface area (Å²) < 4.78 is 53.0. The lowest BCUT2D eigenvalue weighted by Crippen LogP contribution is -2.50. The van der Waals surface area contributed by atoms with E-state index in [1.807, 2.05) is 36.4 Å². The molecule has 11 nitrogen and oxygen atoms in total. The number of carbonyl (C=O) groups is 2. The van der Waals surface area contributed by atoms with Gasteiger partial charge in [0, 0.05) is 37.9 Å². The number of benzene rings is 2. The molecule has 0 spiro atoms. The maximum absolute atomic E-state index is 12.9. The third-order valence-electron chi connectivity index (χ3n) is 7.37. The number of aromatic nitrogens is 4. The van der Waals surface area contributed by atoms with Gasteiger partial charge in [-0.05, 0) is 40.0 Å². The number of tetrazole rings is 1. The first kappa shape index (κ1) is 30.9. The predicted octanol–water partition coefficient (Wildman–Crippen LogP) is 3.21. The van der Waals surface area contributed by atoms with Gasteiger partial charge in [-0.25, -0.2) is 4.68 Å². The minimum Gasteiger partial charge on any atom is -0.392 e. The second-order valence-corrected chi connectivity index (χ2v) is 11.3. The van der Waals surface area contributed by atoms with Crippen molar-refractivity contribution in [2.45, 2.75) is 68.3 Å². The number of carbonyl (C=O) groups excluding carboxylic acids is 2. The fraction of sp³-hybridized carbons (Fsp3) is 0.464. The molecule has 2 aromatic carbocycles. The molecule has 43 heavy (non-hydrogen) atoms. The summed E-state index contributed by atoms with van der Waals surface area (Å²) in [6.45, 7) is -0.0745. The number of likely N-dealkylation sites (tertiary alicyclic amines) is 1. The van der Waals surface area contributed by atoms with Gasteiger partial charge in [-0.15, -0.1) is 5.10 Å². The molecule has 0 radical (unpaired) electrons. The van der Waals surface area contributed by atoms with Crippen LogP contribution in [0.25, 0.3) is 0 Å². The Morgan fingerprint density at radius 2 is 1.77 bits per heavy atom. The summed E-state index contributed by atoms with van der Waals surface area (Å²) in [5.41, 5.74) is 3.21. The highest BCUT2D eigenvalue weighted by molar-refractivity contribution is 7.99. The summed E-state index contributed by atoms with van der Waals surface area (Å²) in [7, 11) is 1.76. The molecule has 5 rings (SSSR count). The normalized spacial score (nSPS) is 22.5. The highest BCUT2D eigenvalue weighted by Gasteiger charge is 2.47. The van der Waals surface area contributed by atoms with Crippen molar-refractivity contribution >= 4 is 23.6 Å². The van der Waals surface area contributed by atoms with Crippen molar-refractivity contribution in [1.82, 2.24) is 30.4 Å². The molecular formula is C28H31F3N6O5S. The molecule has 4 unspecified atom stereocenters. The largest absolute Gasteiger partial charge is 0.471 e. The average molecular weight is 621 g/mol. The Bertz CT molecular complexity index is 1410. The van der Waals surface area contributed by atoms with Gasteiger partial charge in [-0.1, -0.05) is 60.3 Å². The van der Waals surface area contributed by atoms with E-state index in [-0.39, 0.29) is 38.3 Å². The van der Waals surface area contributed by atoms with E-state index < -0.39 is 30.3 Å². The molecule has 4 atom stereocenters. The number of aryl methyl sites for hydroxylation is 1. The van der Waals surface area contributed by atoms with E-state index in [4.69, 9.17) is 9.47 Å². The van der Waals surface area contributed by atoms with Gasteiger partial charge >= 0.3 is 12.1 Å². The minimum absolute atomic E-state index is 0.0556. The average Bonchev–Trinajstić information content (AvgIpc) is 3.67. The summed E-state index contributed by atoms with van der Waals surface area (Å²) in [4.78, 5) is 24.9. The van der Waals surface area contributed by atoms with Crippen LogP contribution in [-0.4, -0.2) is 72.6 Å². The molecule has 2 aliphatic rings. The quantitative estimate of drug-likeness (QED) is 0.346. The lowest BCUT2D eigenvalue weighted by atomic mass is 10.0. The Morgan fingerprint density at radius 1 is 1.07 bits per heavy atom. The third-order valence-corrected chi connectivity index (χ3v) is 8.51. The van der Waals surface area contributed by atoms with E-state index in [0.29, 0.717) is 28.7 Å². The molecule has 230 valence electrons. The smallest absolute Gasteiger partial charge is 0.392 e. The van der Waals surface area contributed by atoms with Crippen LogP contribution in [0.5, 0.6) is 0 Å². The Hall–Kier alpha value is -3.53. The van der Waals surface area contributed by atoms with Crippen LogP contribution in [-0.2, 0) is 39.3 Å². The maximum atomic E-state index is 12.9. The van der Waals surface area contributed by atoms with Gasteiger partial charge in [0.05, 0.1) is 18.8 Å². The zero-order valence-electron chi connectivity index (χ0n) is 23.2. The van der Waals surface area contributed by atoms with Crippen molar-refractivity contribution < 1.29 is 37.3 Å². The van der Waals surface area contributed by atoms with Gasteiger partial charge in [-0.2, -0.15) is 13.2 Å². The lowest BCUT2D eigenvalue weighted by Gasteiger charge is -2.36. The third kappa shape index (κ3) is 7.52.